The van der Waals surface area contributed by atoms with E-state index in [1.165, 1.54) is 10.4 Å². The summed E-state index contributed by atoms with van der Waals surface area (Å²) in [5.41, 5.74) is 1.39. The van der Waals surface area contributed by atoms with E-state index in [-0.39, 0.29) is 11.4 Å². The molecule has 0 fully saturated rings. The van der Waals surface area contributed by atoms with Crippen LogP contribution in [0.5, 0.6) is 0 Å². The maximum absolute atomic E-state index is 13.1. The van der Waals surface area contributed by atoms with Crippen molar-refractivity contribution in [3.05, 3.63) is 48.5 Å². The number of rotatable bonds is 5. The van der Waals surface area contributed by atoms with Gasteiger partial charge >= 0.3 is 0 Å². The lowest BCUT2D eigenvalue weighted by Gasteiger charge is -2.25. The number of anilines is 1. The summed E-state index contributed by atoms with van der Waals surface area (Å²) in [6, 6.07) is 13.6. The minimum atomic E-state index is -3.87. The van der Waals surface area contributed by atoms with Crippen LogP contribution in [-0.2, 0) is 10.0 Å². The fraction of sp³-hybridized carbons (Fsp3) is 0.200. The lowest BCUT2D eigenvalue weighted by molar-refractivity contribution is 0.204. The molecule has 1 aromatic heterocycles. The maximum Gasteiger partial charge on any atom is 0.266 e. The van der Waals surface area contributed by atoms with Crippen LogP contribution in [0.3, 0.4) is 0 Å². The first-order valence-electron chi connectivity index (χ1n) is 6.97. The fourth-order valence-corrected chi connectivity index (χ4v) is 4.59. The molecule has 1 N–H and O–H groups in total. The number of aromatic nitrogens is 2. The average molecular weight is 349 g/mol. The molecule has 120 valence electrons. The molecular weight excluding hydrogens is 334 g/mol. The van der Waals surface area contributed by atoms with Crippen LogP contribution >= 0.6 is 11.7 Å². The van der Waals surface area contributed by atoms with Crippen molar-refractivity contribution in [2.24, 2.45) is 0 Å². The van der Waals surface area contributed by atoms with Crippen LogP contribution in [0.4, 0.5) is 5.69 Å². The number of hydrogen-bond donors (Lipinski definition) is 1. The van der Waals surface area contributed by atoms with E-state index in [2.05, 4.69) is 8.75 Å². The Bertz CT molecular complexity index is 908. The van der Waals surface area contributed by atoms with Crippen LogP contribution in [-0.4, -0.2) is 34.9 Å². The molecule has 1 heterocycles. The van der Waals surface area contributed by atoms with E-state index in [0.29, 0.717) is 16.7 Å². The number of aliphatic hydroxyl groups is 1. The highest BCUT2D eigenvalue weighted by Crippen LogP contribution is 2.28. The van der Waals surface area contributed by atoms with E-state index >= 15 is 0 Å². The molecule has 0 saturated heterocycles. The minimum absolute atomic E-state index is 0.0414. The molecular formula is C15H15N3O3S2. The summed E-state index contributed by atoms with van der Waals surface area (Å²) in [4.78, 5) is 0.0910. The second kappa shape index (κ2) is 6.23. The quantitative estimate of drug-likeness (QED) is 0.764. The van der Waals surface area contributed by atoms with Crippen molar-refractivity contribution in [1.82, 2.24) is 8.75 Å². The van der Waals surface area contributed by atoms with Gasteiger partial charge in [0.25, 0.3) is 10.0 Å². The average Bonchev–Trinajstić information content (AvgIpc) is 3.01. The molecule has 0 unspecified atom stereocenters. The molecule has 0 amide bonds. The van der Waals surface area contributed by atoms with Crippen molar-refractivity contribution in [3.8, 4) is 0 Å². The van der Waals surface area contributed by atoms with Crippen LogP contribution in [0, 0.1) is 0 Å². The predicted octanol–water partition coefficient (Wildman–Crippen LogP) is 2.27. The summed E-state index contributed by atoms with van der Waals surface area (Å²) in [6.07, 6.45) is -0.808. The molecule has 0 saturated carbocycles. The van der Waals surface area contributed by atoms with Gasteiger partial charge in [-0.3, -0.25) is 4.31 Å². The second-order valence-corrected chi connectivity index (χ2v) is 7.47. The van der Waals surface area contributed by atoms with Gasteiger partial charge in [-0.25, -0.2) is 8.42 Å². The van der Waals surface area contributed by atoms with Crippen LogP contribution in [0.25, 0.3) is 11.0 Å². The second-order valence-electron chi connectivity index (χ2n) is 5.11. The van der Waals surface area contributed by atoms with Crippen molar-refractivity contribution in [3.63, 3.8) is 0 Å². The van der Waals surface area contributed by atoms with Gasteiger partial charge in [-0.05, 0) is 31.2 Å². The molecule has 6 nitrogen and oxygen atoms in total. The summed E-state index contributed by atoms with van der Waals surface area (Å²) in [6.45, 7) is 1.51. The third kappa shape index (κ3) is 3.05. The monoisotopic (exact) mass is 349 g/mol. The molecule has 0 aliphatic carbocycles. The molecule has 1 atom stereocenters. The predicted molar refractivity (Wildman–Crippen MR) is 90.1 cm³/mol. The summed E-state index contributed by atoms with van der Waals surface area (Å²) in [7, 11) is -3.87. The van der Waals surface area contributed by atoms with Crippen molar-refractivity contribution in [1.29, 1.82) is 0 Å². The first-order valence-corrected chi connectivity index (χ1v) is 9.14. The van der Waals surface area contributed by atoms with Gasteiger partial charge in [0.15, 0.2) is 0 Å². The SMILES string of the molecule is C[C@@H](O)CN(c1ccccc1)S(=O)(=O)c1cccc2nsnc12. The molecule has 23 heavy (non-hydrogen) atoms. The number of benzene rings is 2. The molecule has 3 rings (SSSR count). The van der Waals surface area contributed by atoms with Crippen molar-refractivity contribution in [2.75, 3.05) is 10.8 Å². The zero-order chi connectivity index (χ0) is 16.4. The Morgan fingerprint density at radius 3 is 2.57 bits per heavy atom. The van der Waals surface area contributed by atoms with E-state index in [0.717, 1.165) is 11.7 Å². The van der Waals surface area contributed by atoms with Gasteiger partial charge in [0.2, 0.25) is 0 Å². The Morgan fingerprint density at radius 2 is 1.87 bits per heavy atom. The van der Waals surface area contributed by atoms with Gasteiger partial charge in [0.05, 0.1) is 30.1 Å². The molecule has 8 heteroatoms. The molecule has 0 aliphatic rings. The molecule has 3 aromatic rings. The van der Waals surface area contributed by atoms with E-state index < -0.39 is 16.1 Å². The zero-order valence-electron chi connectivity index (χ0n) is 12.3. The van der Waals surface area contributed by atoms with Crippen LogP contribution in [0.2, 0.25) is 0 Å². The van der Waals surface area contributed by atoms with E-state index in [9.17, 15) is 13.5 Å². The van der Waals surface area contributed by atoms with Crippen molar-refractivity contribution in [2.45, 2.75) is 17.9 Å². The molecule has 0 radical (unpaired) electrons. The molecule has 2 aromatic carbocycles. The number of nitrogens with zero attached hydrogens (tertiary/aromatic N) is 3. The third-order valence-electron chi connectivity index (χ3n) is 3.29. The topological polar surface area (TPSA) is 83.4 Å². The lowest BCUT2D eigenvalue weighted by Crippen LogP contribution is -2.36. The minimum Gasteiger partial charge on any atom is -0.392 e. The summed E-state index contributed by atoms with van der Waals surface area (Å²) >= 11 is 0.972. The Hall–Kier alpha value is -2.03. The van der Waals surface area contributed by atoms with E-state index in [1.807, 2.05) is 6.07 Å². The van der Waals surface area contributed by atoms with Gasteiger partial charge in [-0.2, -0.15) is 8.75 Å². The number of hydrogen-bond acceptors (Lipinski definition) is 6. The standard InChI is InChI=1S/C15H15N3O3S2/c1-11(19)10-18(12-6-3-2-4-7-12)23(20,21)14-9-5-8-13-15(14)17-22-16-13/h2-9,11,19H,10H2,1H3/t11-/m1/s1. The first kappa shape index (κ1) is 15.9. The van der Waals surface area contributed by atoms with Crippen LogP contribution in [0.1, 0.15) is 6.92 Å². The number of fused-ring (bicyclic) bond motifs is 1. The highest BCUT2D eigenvalue weighted by molar-refractivity contribution is 7.93. The Kier molecular flexibility index (Phi) is 4.29. The Labute approximate surface area is 138 Å². The summed E-state index contributed by atoms with van der Waals surface area (Å²) < 4.78 is 35.7. The van der Waals surface area contributed by atoms with E-state index in [1.54, 1.807) is 43.3 Å². The molecule has 0 spiro atoms. The van der Waals surface area contributed by atoms with Gasteiger partial charge in [-0.1, -0.05) is 24.3 Å². The fourth-order valence-electron chi connectivity index (χ4n) is 2.28. The van der Waals surface area contributed by atoms with Gasteiger partial charge in [0.1, 0.15) is 15.9 Å². The van der Waals surface area contributed by atoms with Gasteiger partial charge in [0, 0.05) is 0 Å². The number of para-hydroxylation sites is 1. The summed E-state index contributed by atoms with van der Waals surface area (Å²) in [5, 5.41) is 9.74. The highest BCUT2D eigenvalue weighted by Gasteiger charge is 2.28. The zero-order valence-corrected chi connectivity index (χ0v) is 14.0. The Balaban J connectivity index is 2.16. The van der Waals surface area contributed by atoms with Crippen molar-refractivity contribution < 1.29 is 13.5 Å². The smallest absolute Gasteiger partial charge is 0.266 e. The number of aliphatic hydroxyl groups excluding tert-OH is 1. The number of sulfonamides is 1. The van der Waals surface area contributed by atoms with Crippen LogP contribution in [0.15, 0.2) is 53.4 Å². The van der Waals surface area contributed by atoms with Crippen LogP contribution < -0.4 is 4.31 Å². The molecule has 0 aliphatic heterocycles. The van der Waals surface area contributed by atoms with E-state index in [4.69, 9.17) is 0 Å². The van der Waals surface area contributed by atoms with Gasteiger partial charge < -0.3 is 5.11 Å². The first-order chi connectivity index (χ1) is 11.0. The Morgan fingerprint density at radius 1 is 1.13 bits per heavy atom. The largest absolute Gasteiger partial charge is 0.392 e. The highest BCUT2D eigenvalue weighted by atomic mass is 32.2. The van der Waals surface area contributed by atoms with Gasteiger partial charge in [-0.15, -0.1) is 0 Å². The van der Waals surface area contributed by atoms with Crippen molar-refractivity contribution >= 4 is 38.5 Å². The third-order valence-corrected chi connectivity index (χ3v) is 5.66. The summed E-state index contributed by atoms with van der Waals surface area (Å²) in [5.74, 6) is 0. The normalized spacial score (nSPS) is 13.1. The lowest BCUT2D eigenvalue weighted by atomic mass is 10.3. The maximum atomic E-state index is 13.1. The molecule has 0 bridgehead atoms.